The minimum Gasteiger partial charge on any atom is -0.326 e. The van der Waals surface area contributed by atoms with Crippen LogP contribution in [0.5, 0.6) is 0 Å². The van der Waals surface area contributed by atoms with Crippen molar-refractivity contribution in [3.63, 3.8) is 0 Å². The second-order valence-electron chi connectivity index (χ2n) is 4.50. The third-order valence-corrected chi connectivity index (χ3v) is 4.68. The maximum absolute atomic E-state index is 13.6. The molecule has 1 aromatic rings. The van der Waals surface area contributed by atoms with E-state index >= 15 is 0 Å². The number of sulfonamides is 1. The zero-order valence-corrected chi connectivity index (χ0v) is 12.1. The van der Waals surface area contributed by atoms with E-state index in [1.54, 1.807) is 0 Å². The minimum atomic E-state index is -3.82. The van der Waals surface area contributed by atoms with Crippen LogP contribution >= 0.6 is 0 Å². The molecular formula is C13H21FN2O2S. The number of hydrogen-bond acceptors (Lipinski definition) is 3. The van der Waals surface area contributed by atoms with Crippen LogP contribution in [0.4, 0.5) is 4.39 Å². The lowest BCUT2D eigenvalue weighted by atomic mass is 10.0. The first-order valence-corrected chi connectivity index (χ1v) is 7.91. The van der Waals surface area contributed by atoms with Crippen LogP contribution in [0.2, 0.25) is 0 Å². The zero-order valence-electron chi connectivity index (χ0n) is 11.3. The van der Waals surface area contributed by atoms with Crippen molar-refractivity contribution < 1.29 is 12.8 Å². The van der Waals surface area contributed by atoms with E-state index in [-0.39, 0.29) is 17.4 Å². The van der Waals surface area contributed by atoms with Gasteiger partial charge in [0.25, 0.3) is 0 Å². The van der Waals surface area contributed by atoms with Crippen molar-refractivity contribution in [1.82, 2.24) is 4.72 Å². The molecule has 0 unspecified atom stereocenters. The monoisotopic (exact) mass is 288 g/mol. The minimum absolute atomic E-state index is 0.176. The summed E-state index contributed by atoms with van der Waals surface area (Å²) in [5.74, 6) is -0.496. The Morgan fingerprint density at radius 3 is 2.47 bits per heavy atom. The molecule has 0 atom stereocenters. The summed E-state index contributed by atoms with van der Waals surface area (Å²) in [5, 5.41) is 0. The normalized spacial score (nSPS) is 12.1. The molecule has 0 radical (unpaired) electrons. The van der Waals surface area contributed by atoms with Gasteiger partial charge >= 0.3 is 0 Å². The number of nitrogens with one attached hydrogen (secondary N) is 1. The van der Waals surface area contributed by atoms with Crippen LogP contribution in [-0.2, 0) is 16.6 Å². The fourth-order valence-corrected chi connectivity index (χ4v) is 3.01. The van der Waals surface area contributed by atoms with E-state index in [0.717, 1.165) is 18.9 Å². The first kappa shape index (κ1) is 16.1. The third kappa shape index (κ3) is 4.26. The van der Waals surface area contributed by atoms with Crippen molar-refractivity contribution in [2.24, 2.45) is 11.7 Å². The van der Waals surface area contributed by atoms with Crippen LogP contribution in [0, 0.1) is 11.7 Å². The van der Waals surface area contributed by atoms with Gasteiger partial charge in [-0.1, -0.05) is 32.8 Å². The van der Waals surface area contributed by atoms with E-state index in [9.17, 15) is 12.8 Å². The molecule has 1 rings (SSSR count). The molecule has 108 valence electrons. The molecule has 0 fully saturated rings. The third-order valence-electron chi connectivity index (χ3n) is 3.24. The van der Waals surface area contributed by atoms with Gasteiger partial charge in [0, 0.05) is 13.1 Å². The Hall–Kier alpha value is -0.980. The summed E-state index contributed by atoms with van der Waals surface area (Å²) in [6, 6.07) is 3.90. The summed E-state index contributed by atoms with van der Waals surface area (Å²) in [4.78, 5) is -0.332. The van der Waals surface area contributed by atoms with Crippen molar-refractivity contribution in [3.05, 3.63) is 29.6 Å². The van der Waals surface area contributed by atoms with Crippen LogP contribution in [-0.4, -0.2) is 15.0 Å². The number of rotatable bonds is 7. The highest BCUT2D eigenvalue weighted by atomic mass is 32.2. The lowest BCUT2D eigenvalue weighted by molar-refractivity contribution is 0.477. The number of nitrogens with two attached hydrogens (primary N) is 1. The Morgan fingerprint density at radius 1 is 1.32 bits per heavy atom. The van der Waals surface area contributed by atoms with Crippen molar-refractivity contribution in [2.45, 2.75) is 38.1 Å². The average molecular weight is 288 g/mol. The van der Waals surface area contributed by atoms with E-state index in [2.05, 4.69) is 4.72 Å². The van der Waals surface area contributed by atoms with E-state index in [4.69, 9.17) is 5.73 Å². The molecule has 0 aliphatic heterocycles. The van der Waals surface area contributed by atoms with Gasteiger partial charge in [-0.25, -0.2) is 17.5 Å². The quantitative estimate of drug-likeness (QED) is 0.806. The van der Waals surface area contributed by atoms with E-state index in [1.807, 2.05) is 13.8 Å². The molecule has 0 bridgehead atoms. The highest BCUT2D eigenvalue weighted by Gasteiger charge is 2.20. The molecule has 0 amide bonds. The van der Waals surface area contributed by atoms with Gasteiger partial charge in [0.15, 0.2) is 0 Å². The Labute approximate surface area is 114 Å². The summed E-state index contributed by atoms with van der Waals surface area (Å²) in [7, 11) is -3.82. The topological polar surface area (TPSA) is 72.2 Å². The second kappa shape index (κ2) is 6.98. The summed E-state index contributed by atoms with van der Waals surface area (Å²) in [6.07, 6.45) is 1.76. The van der Waals surface area contributed by atoms with Gasteiger partial charge in [-0.15, -0.1) is 0 Å². The predicted octanol–water partition coefficient (Wildman–Crippen LogP) is 2.00. The molecule has 6 heteroatoms. The Kier molecular flexibility index (Phi) is 5.90. The van der Waals surface area contributed by atoms with Crippen molar-refractivity contribution >= 4 is 10.0 Å². The second-order valence-corrected chi connectivity index (χ2v) is 6.24. The van der Waals surface area contributed by atoms with Gasteiger partial charge in [0.1, 0.15) is 10.7 Å². The first-order valence-electron chi connectivity index (χ1n) is 6.42. The van der Waals surface area contributed by atoms with Gasteiger partial charge in [-0.3, -0.25) is 0 Å². The molecule has 0 saturated carbocycles. The van der Waals surface area contributed by atoms with Crippen LogP contribution in [0.25, 0.3) is 0 Å². The summed E-state index contributed by atoms with van der Waals surface area (Å²) in [6.45, 7) is 4.49. The predicted molar refractivity (Wildman–Crippen MR) is 73.6 cm³/mol. The van der Waals surface area contributed by atoms with E-state index in [0.29, 0.717) is 12.1 Å². The average Bonchev–Trinajstić information content (AvgIpc) is 2.40. The van der Waals surface area contributed by atoms with Crippen LogP contribution < -0.4 is 10.5 Å². The highest BCUT2D eigenvalue weighted by Crippen LogP contribution is 2.17. The molecule has 1 aromatic carbocycles. The molecule has 3 N–H and O–H groups in total. The van der Waals surface area contributed by atoms with Crippen LogP contribution in [0.1, 0.15) is 32.3 Å². The summed E-state index contributed by atoms with van der Waals surface area (Å²) >= 11 is 0. The summed E-state index contributed by atoms with van der Waals surface area (Å²) in [5.41, 5.74) is 6.03. The molecule has 0 saturated heterocycles. The standard InChI is InChI=1S/C13H21FN2O2S/c1-3-10(4-2)9-16-19(17,18)13-7-11(8-15)5-6-12(13)14/h5-7,10,16H,3-4,8-9,15H2,1-2H3. The molecule has 0 spiro atoms. The van der Waals surface area contributed by atoms with Crippen LogP contribution in [0.3, 0.4) is 0 Å². The van der Waals surface area contributed by atoms with Crippen molar-refractivity contribution in [2.75, 3.05) is 6.54 Å². The van der Waals surface area contributed by atoms with Crippen molar-refractivity contribution in [1.29, 1.82) is 0 Å². The highest BCUT2D eigenvalue weighted by molar-refractivity contribution is 7.89. The van der Waals surface area contributed by atoms with Gasteiger partial charge in [-0.05, 0) is 23.6 Å². The zero-order chi connectivity index (χ0) is 14.5. The molecule has 4 nitrogen and oxygen atoms in total. The van der Waals surface area contributed by atoms with Crippen molar-refractivity contribution in [3.8, 4) is 0 Å². The Morgan fingerprint density at radius 2 is 1.95 bits per heavy atom. The van der Waals surface area contributed by atoms with Gasteiger partial charge < -0.3 is 5.73 Å². The Bertz CT molecular complexity index is 513. The van der Waals surface area contributed by atoms with Gasteiger partial charge in [0.05, 0.1) is 0 Å². The Balaban J connectivity index is 2.93. The van der Waals surface area contributed by atoms with E-state index < -0.39 is 15.8 Å². The first-order chi connectivity index (χ1) is 8.94. The van der Waals surface area contributed by atoms with Crippen LogP contribution in [0.15, 0.2) is 23.1 Å². The molecule has 19 heavy (non-hydrogen) atoms. The van der Waals surface area contributed by atoms with Gasteiger partial charge in [0.2, 0.25) is 10.0 Å². The number of hydrogen-bond donors (Lipinski definition) is 2. The fourth-order valence-electron chi connectivity index (χ4n) is 1.76. The molecule has 0 aliphatic carbocycles. The maximum atomic E-state index is 13.6. The maximum Gasteiger partial charge on any atom is 0.243 e. The SMILES string of the molecule is CCC(CC)CNS(=O)(=O)c1cc(CN)ccc1F. The lowest BCUT2D eigenvalue weighted by Crippen LogP contribution is -2.29. The lowest BCUT2D eigenvalue weighted by Gasteiger charge is -2.14. The fraction of sp³-hybridized carbons (Fsp3) is 0.538. The molecule has 0 aliphatic rings. The molecule has 0 heterocycles. The number of benzene rings is 1. The largest absolute Gasteiger partial charge is 0.326 e. The number of halogens is 1. The van der Waals surface area contributed by atoms with Gasteiger partial charge in [-0.2, -0.15) is 0 Å². The summed E-state index contributed by atoms with van der Waals surface area (Å²) < 4.78 is 40.2. The molecule has 0 aromatic heterocycles. The smallest absolute Gasteiger partial charge is 0.243 e. The molecular weight excluding hydrogens is 267 g/mol. The van der Waals surface area contributed by atoms with E-state index in [1.165, 1.54) is 12.1 Å².